The molecule has 0 saturated heterocycles. The highest BCUT2D eigenvalue weighted by atomic mass is 19.4. The van der Waals surface area contributed by atoms with Crippen molar-refractivity contribution in [1.29, 1.82) is 0 Å². The summed E-state index contributed by atoms with van der Waals surface area (Å²) >= 11 is 0. The molecule has 1 aromatic rings. The van der Waals surface area contributed by atoms with Crippen molar-refractivity contribution in [3.8, 4) is 17.6 Å². The number of hydrogen-bond donors (Lipinski definition) is 0. The van der Waals surface area contributed by atoms with E-state index in [1.165, 1.54) is 13.2 Å². The van der Waals surface area contributed by atoms with Crippen LogP contribution in [0.25, 0.3) is 10.4 Å². The van der Waals surface area contributed by atoms with E-state index < -0.39 is 11.7 Å². The molecule has 1 aromatic carbocycles. The first kappa shape index (κ1) is 13.7. The molecule has 0 saturated carbocycles. The molecule has 0 bridgehead atoms. The summed E-state index contributed by atoms with van der Waals surface area (Å²) < 4.78 is 42.4. The lowest BCUT2D eigenvalue weighted by Crippen LogP contribution is -2.05. The predicted molar refractivity (Wildman–Crippen MR) is 58.9 cm³/mol. The van der Waals surface area contributed by atoms with Gasteiger partial charge in [-0.2, -0.15) is 13.2 Å². The summed E-state index contributed by atoms with van der Waals surface area (Å²) in [6, 6.07) is 3.17. The summed E-state index contributed by atoms with van der Waals surface area (Å²) in [5.41, 5.74) is 7.33. The lowest BCUT2D eigenvalue weighted by atomic mass is 10.1. The summed E-state index contributed by atoms with van der Waals surface area (Å²) in [4.78, 5) is 2.48. The van der Waals surface area contributed by atoms with Crippen molar-refractivity contribution in [3.63, 3.8) is 0 Å². The van der Waals surface area contributed by atoms with Crippen LogP contribution in [0.3, 0.4) is 0 Å². The highest BCUT2D eigenvalue weighted by Gasteiger charge is 2.31. The molecule has 7 heteroatoms. The van der Waals surface area contributed by atoms with Crippen molar-refractivity contribution in [1.82, 2.24) is 0 Å². The Labute approximate surface area is 101 Å². The minimum absolute atomic E-state index is 0.0675. The highest BCUT2D eigenvalue weighted by molar-refractivity contribution is 5.44. The third kappa shape index (κ3) is 3.92. The first-order valence-corrected chi connectivity index (χ1v) is 4.73. The van der Waals surface area contributed by atoms with Gasteiger partial charge in [0.25, 0.3) is 0 Å². The van der Waals surface area contributed by atoms with E-state index in [-0.39, 0.29) is 17.9 Å². The van der Waals surface area contributed by atoms with Gasteiger partial charge in [0.1, 0.15) is 5.75 Å². The Morgan fingerprint density at radius 3 is 2.67 bits per heavy atom. The Hall–Kier alpha value is -2.32. The van der Waals surface area contributed by atoms with Crippen molar-refractivity contribution in [2.45, 2.75) is 6.18 Å². The number of ether oxygens (including phenoxy) is 1. The monoisotopic (exact) mass is 255 g/mol. The zero-order valence-corrected chi connectivity index (χ0v) is 9.32. The topological polar surface area (TPSA) is 58.0 Å². The first-order valence-electron chi connectivity index (χ1n) is 4.73. The minimum atomic E-state index is -4.46. The van der Waals surface area contributed by atoms with Gasteiger partial charge in [-0.25, -0.2) is 0 Å². The van der Waals surface area contributed by atoms with Crippen molar-refractivity contribution >= 4 is 0 Å². The van der Waals surface area contributed by atoms with Crippen LogP contribution in [0, 0.1) is 11.8 Å². The van der Waals surface area contributed by atoms with Gasteiger partial charge in [0.15, 0.2) is 0 Å². The smallest absolute Gasteiger partial charge is 0.416 e. The fourth-order valence-corrected chi connectivity index (χ4v) is 1.16. The molecule has 18 heavy (non-hydrogen) atoms. The second-order valence-electron chi connectivity index (χ2n) is 3.14. The van der Waals surface area contributed by atoms with E-state index in [1.54, 1.807) is 0 Å². The van der Waals surface area contributed by atoms with E-state index in [1.807, 2.05) is 0 Å². The lowest BCUT2D eigenvalue weighted by molar-refractivity contribution is -0.137. The third-order valence-electron chi connectivity index (χ3n) is 1.92. The molecule has 0 unspecified atom stereocenters. The summed E-state index contributed by atoms with van der Waals surface area (Å²) in [5, 5.41) is 3.15. The van der Waals surface area contributed by atoms with Gasteiger partial charge in [-0.15, -0.1) is 0 Å². The molecular weight excluding hydrogens is 247 g/mol. The van der Waals surface area contributed by atoms with E-state index in [0.29, 0.717) is 0 Å². The number of methoxy groups -OCH3 is 1. The molecule has 0 amide bonds. The molecule has 0 spiro atoms. The number of benzene rings is 1. The zero-order valence-electron chi connectivity index (χ0n) is 9.32. The predicted octanol–water partition coefficient (Wildman–Crippen LogP) is 3.38. The Kier molecular flexibility index (Phi) is 4.46. The molecule has 0 aliphatic rings. The largest absolute Gasteiger partial charge is 0.497 e. The average Bonchev–Trinajstić information content (AvgIpc) is 2.33. The maximum atomic E-state index is 12.6. The van der Waals surface area contributed by atoms with Gasteiger partial charge in [0.05, 0.1) is 19.2 Å². The summed E-state index contributed by atoms with van der Waals surface area (Å²) in [6.07, 6.45) is -4.46. The van der Waals surface area contributed by atoms with Gasteiger partial charge in [-0.3, -0.25) is 0 Å². The molecule has 0 aliphatic carbocycles. The first-order chi connectivity index (χ1) is 8.47. The molecule has 0 N–H and O–H groups in total. The summed E-state index contributed by atoms with van der Waals surface area (Å²) in [7, 11) is 1.27. The van der Waals surface area contributed by atoms with E-state index in [9.17, 15) is 13.2 Å². The van der Waals surface area contributed by atoms with Crippen LogP contribution in [-0.2, 0) is 6.18 Å². The number of hydrogen-bond acceptors (Lipinski definition) is 2. The van der Waals surface area contributed by atoms with Crippen LogP contribution in [0.4, 0.5) is 13.2 Å². The zero-order chi connectivity index (χ0) is 13.6. The van der Waals surface area contributed by atoms with Crippen molar-refractivity contribution < 1.29 is 17.9 Å². The maximum absolute atomic E-state index is 12.6. The SMILES string of the molecule is COc1cc(C#CCN=[N+]=[N-])cc(C(F)(F)F)c1. The molecule has 4 nitrogen and oxygen atoms in total. The summed E-state index contributed by atoms with van der Waals surface area (Å²) in [5.74, 6) is 4.98. The van der Waals surface area contributed by atoms with E-state index in [4.69, 9.17) is 10.3 Å². The van der Waals surface area contributed by atoms with Crippen LogP contribution in [-0.4, -0.2) is 13.7 Å². The fourth-order valence-electron chi connectivity index (χ4n) is 1.16. The normalized spacial score (nSPS) is 10.0. The number of azide groups is 1. The maximum Gasteiger partial charge on any atom is 0.416 e. The second kappa shape index (κ2) is 5.84. The van der Waals surface area contributed by atoms with Gasteiger partial charge >= 0.3 is 6.18 Å². The Balaban J connectivity index is 3.11. The van der Waals surface area contributed by atoms with Crippen LogP contribution < -0.4 is 4.74 Å². The highest BCUT2D eigenvalue weighted by Crippen LogP contribution is 2.32. The molecular formula is C11H8F3N3O. The molecule has 0 atom stereocenters. The van der Waals surface area contributed by atoms with Crippen LogP contribution >= 0.6 is 0 Å². The summed E-state index contributed by atoms with van der Waals surface area (Å²) in [6.45, 7) is -0.102. The van der Waals surface area contributed by atoms with E-state index >= 15 is 0 Å². The molecule has 0 aliphatic heterocycles. The fraction of sp³-hybridized carbons (Fsp3) is 0.273. The second-order valence-corrected chi connectivity index (χ2v) is 3.14. The van der Waals surface area contributed by atoms with Gasteiger partial charge in [0, 0.05) is 10.5 Å². The molecule has 1 rings (SSSR count). The molecule has 0 aromatic heterocycles. The van der Waals surface area contributed by atoms with Crippen molar-refractivity contribution in [3.05, 3.63) is 39.8 Å². The van der Waals surface area contributed by atoms with Gasteiger partial charge in [-0.1, -0.05) is 17.0 Å². The van der Waals surface area contributed by atoms with Crippen molar-refractivity contribution in [2.75, 3.05) is 13.7 Å². The number of nitrogens with zero attached hydrogens (tertiary/aromatic N) is 3. The minimum Gasteiger partial charge on any atom is -0.497 e. The molecule has 94 valence electrons. The van der Waals surface area contributed by atoms with Crippen LogP contribution in [0.15, 0.2) is 23.3 Å². The average molecular weight is 255 g/mol. The number of alkyl halides is 3. The van der Waals surface area contributed by atoms with Crippen LogP contribution in [0.1, 0.15) is 11.1 Å². The van der Waals surface area contributed by atoms with Gasteiger partial charge < -0.3 is 4.74 Å². The Morgan fingerprint density at radius 2 is 2.11 bits per heavy atom. The van der Waals surface area contributed by atoms with Gasteiger partial charge in [-0.05, 0) is 23.7 Å². The Morgan fingerprint density at radius 1 is 1.39 bits per heavy atom. The number of halogens is 3. The van der Waals surface area contributed by atoms with Crippen LogP contribution in [0.5, 0.6) is 5.75 Å². The van der Waals surface area contributed by atoms with Crippen LogP contribution in [0.2, 0.25) is 0 Å². The molecule has 0 heterocycles. The molecule has 0 radical (unpaired) electrons. The third-order valence-corrected chi connectivity index (χ3v) is 1.92. The quantitative estimate of drug-likeness (QED) is 0.346. The van der Waals surface area contributed by atoms with Crippen molar-refractivity contribution in [2.24, 2.45) is 5.11 Å². The molecule has 0 fully saturated rings. The Bertz CT molecular complexity index is 537. The van der Waals surface area contributed by atoms with E-state index in [2.05, 4.69) is 21.9 Å². The van der Waals surface area contributed by atoms with E-state index in [0.717, 1.165) is 12.1 Å². The number of rotatable bonds is 2. The standard InChI is InChI=1S/C11H8F3N3O/c1-18-10-6-8(3-2-4-16-17-15)5-9(7-10)11(12,13)14/h5-7H,4H2,1H3. The van der Waals surface area contributed by atoms with Gasteiger partial charge in [0.2, 0.25) is 0 Å². The lowest BCUT2D eigenvalue weighted by Gasteiger charge is -2.09.